The van der Waals surface area contributed by atoms with Crippen molar-refractivity contribution in [2.75, 3.05) is 19.0 Å². The van der Waals surface area contributed by atoms with Crippen LogP contribution in [0.4, 0.5) is 24.8 Å². The Morgan fingerprint density at radius 3 is 2.38 bits per heavy atom. The lowest BCUT2D eigenvalue weighted by Gasteiger charge is -2.26. The molecule has 0 saturated carbocycles. The third-order valence-corrected chi connectivity index (χ3v) is 4.98. The predicted molar refractivity (Wildman–Crippen MR) is 106 cm³/mol. The van der Waals surface area contributed by atoms with E-state index in [2.05, 4.69) is 15.1 Å². The van der Waals surface area contributed by atoms with E-state index in [-0.39, 0.29) is 5.56 Å². The Morgan fingerprint density at radius 2 is 1.72 bits per heavy atom. The largest absolute Gasteiger partial charge is 0.416 e. The minimum atomic E-state index is -4.45. The van der Waals surface area contributed by atoms with Gasteiger partial charge < -0.3 is 4.90 Å². The number of hydrogen-bond acceptors (Lipinski definition) is 4. The molecule has 0 N–H and O–H groups in total. The fourth-order valence-electron chi connectivity index (χ4n) is 3.56. The van der Waals surface area contributed by atoms with Crippen molar-refractivity contribution in [3.8, 4) is 0 Å². The summed E-state index contributed by atoms with van der Waals surface area (Å²) in [7, 11) is 3.89. The molecule has 0 saturated heterocycles. The second-order valence-corrected chi connectivity index (χ2v) is 7.21. The van der Waals surface area contributed by atoms with E-state index in [0.717, 1.165) is 17.3 Å². The van der Waals surface area contributed by atoms with Gasteiger partial charge in [0.15, 0.2) is 0 Å². The zero-order valence-electron chi connectivity index (χ0n) is 16.3. The highest BCUT2D eigenvalue weighted by Crippen LogP contribution is 2.40. The van der Waals surface area contributed by atoms with Gasteiger partial charge in [-0.25, -0.2) is 9.67 Å². The first-order chi connectivity index (χ1) is 13.7. The number of rotatable bonds is 3. The molecule has 0 radical (unpaired) electrons. The van der Waals surface area contributed by atoms with Gasteiger partial charge in [-0.3, -0.25) is 0 Å². The van der Waals surface area contributed by atoms with E-state index < -0.39 is 17.8 Å². The molecule has 4 rings (SSSR count). The molecule has 1 unspecified atom stereocenters. The number of benzene rings is 2. The highest BCUT2D eigenvalue weighted by atomic mass is 19.4. The summed E-state index contributed by atoms with van der Waals surface area (Å²) in [5.74, 6) is 0.796. The third-order valence-electron chi connectivity index (χ3n) is 4.98. The molecular formula is C21H20F3N5. The van der Waals surface area contributed by atoms with Crippen LogP contribution in [-0.2, 0) is 6.18 Å². The van der Waals surface area contributed by atoms with Crippen LogP contribution >= 0.6 is 0 Å². The van der Waals surface area contributed by atoms with Crippen LogP contribution in [0.3, 0.4) is 0 Å². The molecule has 0 aliphatic carbocycles. The van der Waals surface area contributed by atoms with Crippen LogP contribution in [0, 0.1) is 6.92 Å². The highest BCUT2D eigenvalue weighted by Gasteiger charge is 2.37. The zero-order chi connectivity index (χ0) is 20.8. The number of fused-ring (bicyclic) bond motifs is 1. The number of aliphatic imine (C=N–C) groups is 1. The van der Waals surface area contributed by atoms with Crippen molar-refractivity contribution in [1.29, 1.82) is 0 Å². The fraction of sp³-hybridized carbons (Fsp3) is 0.286. The normalized spacial score (nSPS) is 16.3. The molecule has 150 valence electrons. The molecule has 0 amide bonds. The summed E-state index contributed by atoms with van der Waals surface area (Å²) in [5.41, 5.74) is 2.09. The molecule has 2 heterocycles. The Bertz CT molecular complexity index is 1060. The van der Waals surface area contributed by atoms with E-state index >= 15 is 0 Å². The monoisotopic (exact) mass is 399 g/mol. The first-order valence-electron chi connectivity index (χ1n) is 9.18. The average molecular weight is 399 g/mol. The summed E-state index contributed by atoms with van der Waals surface area (Å²) in [4.78, 5) is 10.9. The van der Waals surface area contributed by atoms with Gasteiger partial charge in [0, 0.05) is 26.2 Å². The number of nitrogens with zero attached hydrogens (tertiary/aromatic N) is 5. The van der Waals surface area contributed by atoms with E-state index in [1.165, 1.54) is 16.8 Å². The van der Waals surface area contributed by atoms with Crippen molar-refractivity contribution in [3.05, 3.63) is 71.0 Å². The Kier molecular flexibility index (Phi) is 4.64. The minimum Gasteiger partial charge on any atom is -0.378 e. The van der Waals surface area contributed by atoms with Crippen LogP contribution in [0.2, 0.25) is 0 Å². The van der Waals surface area contributed by atoms with E-state index in [0.29, 0.717) is 23.9 Å². The minimum absolute atomic E-state index is 0.170. The first kappa shape index (κ1) is 19.2. The first-order valence-corrected chi connectivity index (χ1v) is 9.18. The molecule has 8 heteroatoms. The molecule has 0 spiro atoms. The maximum absolute atomic E-state index is 13.6. The fourth-order valence-corrected chi connectivity index (χ4v) is 3.56. The van der Waals surface area contributed by atoms with Crippen molar-refractivity contribution in [2.45, 2.75) is 25.6 Å². The Hall–Kier alpha value is -3.16. The van der Waals surface area contributed by atoms with Crippen LogP contribution in [0.25, 0.3) is 0 Å². The average Bonchev–Trinajstić information content (AvgIpc) is 3.06. The molecule has 1 aliphatic rings. The maximum atomic E-state index is 13.6. The van der Waals surface area contributed by atoms with E-state index in [9.17, 15) is 13.2 Å². The van der Waals surface area contributed by atoms with Gasteiger partial charge in [-0.1, -0.05) is 30.3 Å². The standard InChI is InChI=1S/C21H20F3N5/c1-13-25-20-26-18(14-8-10-15(11-9-14)28(2)3)12-19(29(20)27-13)16-6-4-5-7-17(16)21(22,23)24/h4-11,19H,12H2,1-3H3. The second kappa shape index (κ2) is 7.02. The SMILES string of the molecule is Cc1nc2n(n1)C(c1ccccc1C(F)(F)F)CC(c1ccc(N(C)C)cc1)=N2. The van der Waals surface area contributed by atoms with Gasteiger partial charge in [0.2, 0.25) is 5.95 Å². The molecule has 3 aromatic rings. The molecule has 2 aromatic carbocycles. The highest BCUT2D eigenvalue weighted by molar-refractivity contribution is 6.03. The number of hydrogen-bond donors (Lipinski definition) is 0. The van der Waals surface area contributed by atoms with Crippen LogP contribution in [0.5, 0.6) is 0 Å². The lowest BCUT2D eigenvalue weighted by Crippen LogP contribution is -2.24. The van der Waals surface area contributed by atoms with Gasteiger partial charge in [0.05, 0.1) is 17.3 Å². The quantitative estimate of drug-likeness (QED) is 0.637. The Labute approximate surface area is 166 Å². The lowest BCUT2D eigenvalue weighted by molar-refractivity contribution is -0.138. The number of aromatic nitrogens is 3. The van der Waals surface area contributed by atoms with E-state index in [1.807, 2.05) is 43.3 Å². The van der Waals surface area contributed by atoms with Crippen molar-refractivity contribution in [2.24, 2.45) is 4.99 Å². The van der Waals surface area contributed by atoms with Crippen LogP contribution in [0.15, 0.2) is 53.5 Å². The van der Waals surface area contributed by atoms with Gasteiger partial charge in [-0.05, 0) is 36.2 Å². The topological polar surface area (TPSA) is 46.3 Å². The summed E-state index contributed by atoms with van der Waals surface area (Å²) >= 11 is 0. The molecule has 5 nitrogen and oxygen atoms in total. The van der Waals surface area contributed by atoms with Gasteiger partial charge in [-0.2, -0.15) is 23.3 Å². The van der Waals surface area contributed by atoms with Crippen molar-refractivity contribution in [1.82, 2.24) is 14.8 Å². The van der Waals surface area contributed by atoms with Gasteiger partial charge >= 0.3 is 6.18 Å². The molecule has 1 aromatic heterocycles. The van der Waals surface area contributed by atoms with Crippen LogP contribution < -0.4 is 4.90 Å². The number of anilines is 1. The van der Waals surface area contributed by atoms with E-state index in [4.69, 9.17) is 0 Å². The van der Waals surface area contributed by atoms with Crippen LogP contribution in [-0.4, -0.2) is 34.6 Å². The van der Waals surface area contributed by atoms with Gasteiger partial charge in [0.25, 0.3) is 0 Å². The van der Waals surface area contributed by atoms with Crippen molar-refractivity contribution >= 4 is 17.3 Å². The zero-order valence-corrected chi connectivity index (χ0v) is 16.3. The molecule has 0 bridgehead atoms. The summed E-state index contributed by atoms with van der Waals surface area (Å²) in [6.45, 7) is 1.71. The summed E-state index contributed by atoms with van der Waals surface area (Å²) in [6, 6.07) is 12.8. The molecule has 0 fully saturated rings. The molecule has 29 heavy (non-hydrogen) atoms. The summed E-state index contributed by atoms with van der Waals surface area (Å²) in [6.07, 6.45) is -4.15. The van der Waals surface area contributed by atoms with Gasteiger partial charge in [-0.15, -0.1) is 0 Å². The summed E-state index contributed by atoms with van der Waals surface area (Å²) < 4.78 is 42.4. The second-order valence-electron chi connectivity index (χ2n) is 7.21. The van der Waals surface area contributed by atoms with Gasteiger partial charge in [0.1, 0.15) is 5.82 Å². The van der Waals surface area contributed by atoms with Crippen molar-refractivity contribution in [3.63, 3.8) is 0 Å². The predicted octanol–water partition coefficient (Wildman–Crippen LogP) is 4.79. The third kappa shape index (κ3) is 3.62. The molecule has 1 atom stereocenters. The van der Waals surface area contributed by atoms with E-state index in [1.54, 1.807) is 13.0 Å². The molecular weight excluding hydrogens is 379 g/mol. The Morgan fingerprint density at radius 1 is 1.03 bits per heavy atom. The summed E-state index contributed by atoms with van der Waals surface area (Å²) in [5, 5.41) is 4.32. The molecule has 1 aliphatic heterocycles. The Balaban J connectivity index is 1.81. The van der Waals surface area contributed by atoms with Crippen LogP contribution in [0.1, 0.15) is 35.0 Å². The number of halogens is 3. The number of alkyl halides is 3. The lowest BCUT2D eigenvalue weighted by atomic mass is 9.92. The number of aryl methyl sites for hydroxylation is 1. The van der Waals surface area contributed by atoms with Crippen molar-refractivity contribution < 1.29 is 13.2 Å². The maximum Gasteiger partial charge on any atom is 0.416 e. The smallest absolute Gasteiger partial charge is 0.378 e.